The summed E-state index contributed by atoms with van der Waals surface area (Å²) in [6.07, 6.45) is 40.1. The molecular weight excluding hydrogens is 512 g/mol. The van der Waals surface area contributed by atoms with Gasteiger partial charge in [-0.05, 0) is 100.0 Å². The van der Waals surface area contributed by atoms with E-state index in [0.29, 0.717) is 0 Å². The molecule has 0 aliphatic heterocycles. The van der Waals surface area contributed by atoms with Gasteiger partial charge < -0.3 is 10.2 Å². The minimum atomic E-state index is -0.593. The smallest absolute Gasteiger partial charge is 0.0681 e. The molecule has 0 aromatic carbocycles. The second-order valence-corrected chi connectivity index (χ2v) is 12.0. The Balaban J connectivity index is 4.83. The third-order valence-corrected chi connectivity index (χ3v) is 6.28. The lowest BCUT2D eigenvalue weighted by molar-refractivity contribution is 0.0689. The van der Waals surface area contributed by atoms with Crippen LogP contribution in [-0.2, 0) is 0 Å². The average molecular weight is 571 g/mol. The Morgan fingerprint density at radius 2 is 1.02 bits per heavy atom. The fourth-order valence-electron chi connectivity index (χ4n) is 3.67. The maximum absolute atomic E-state index is 9.82. The Hall–Kier alpha value is -3.20. The summed E-state index contributed by atoms with van der Waals surface area (Å²) in [6.45, 7) is 18.5. The fourth-order valence-corrected chi connectivity index (χ4v) is 3.67. The molecule has 0 rings (SSSR count). The van der Waals surface area contributed by atoms with Crippen molar-refractivity contribution in [2.45, 2.75) is 100 Å². The number of allylic oxidation sites excluding steroid dienone is 22. The Morgan fingerprint density at radius 3 is 1.52 bits per heavy atom. The molecule has 0 unspecified atom stereocenters. The molecule has 0 amide bonds. The summed E-state index contributed by atoms with van der Waals surface area (Å²) in [5.41, 5.74) is 7.80. The van der Waals surface area contributed by atoms with E-state index in [1.807, 2.05) is 50.3 Å². The summed E-state index contributed by atoms with van der Waals surface area (Å²) >= 11 is 0. The average Bonchev–Trinajstić information content (AvgIpc) is 2.89. The van der Waals surface area contributed by atoms with E-state index >= 15 is 0 Å². The van der Waals surface area contributed by atoms with Crippen LogP contribution >= 0.6 is 0 Å². The summed E-state index contributed by atoms with van der Waals surface area (Å²) in [4.78, 5) is 0. The highest BCUT2D eigenvalue weighted by Gasteiger charge is 2.10. The van der Waals surface area contributed by atoms with Crippen LogP contribution in [0.1, 0.15) is 94.4 Å². The lowest BCUT2D eigenvalue weighted by Crippen LogP contribution is -2.17. The van der Waals surface area contributed by atoms with Gasteiger partial charge in [0.05, 0.1) is 12.2 Å². The number of hydrogen-bond acceptors (Lipinski definition) is 2. The predicted octanol–water partition coefficient (Wildman–Crippen LogP) is 11.1. The largest absolute Gasteiger partial charge is 0.392 e. The molecule has 42 heavy (non-hydrogen) atoms. The zero-order chi connectivity index (χ0) is 31.8. The van der Waals surface area contributed by atoms with Crippen molar-refractivity contribution in [3.05, 3.63) is 142 Å². The van der Waals surface area contributed by atoms with Gasteiger partial charge >= 0.3 is 0 Å². The summed E-state index contributed by atoms with van der Waals surface area (Å²) < 4.78 is 0. The SMILES string of the molecule is CC(C)=CCCC(C)=CC=CC(C)=CC=CC(C)=CC=CC=C(/C=C/C=C(C)/C=C/C=C(C)CCCC(C)(C)O)CO. The van der Waals surface area contributed by atoms with E-state index in [4.69, 9.17) is 0 Å². The van der Waals surface area contributed by atoms with Crippen LogP contribution in [0.25, 0.3) is 0 Å². The molecule has 0 aliphatic carbocycles. The predicted molar refractivity (Wildman–Crippen MR) is 188 cm³/mol. The van der Waals surface area contributed by atoms with Crippen molar-refractivity contribution in [2.75, 3.05) is 6.61 Å². The van der Waals surface area contributed by atoms with Crippen LogP contribution in [-0.4, -0.2) is 22.4 Å². The first-order chi connectivity index (χ1) is 19.8. The molecule has 0 aromatic heterocycles. The highest BCUT2D eigenvalue weighted by atomic mass is 16.3. The standard InChI is InChI=1S/C40H58O2/c1-33(2)18-12-20-35(4)22-14-24-36(5)23-13-21-34(3)19-10-11-29-39(32-41)30-16-27-37(6)25-15-26-38(7)28-17-31-40(8,9)42/h10-11,13-16,18-19,21-27,29-30,41-42H,12,17,20,28,31-32H2,1-9H3/b11-10?,21-13?,24-14?,25-15+,30-16+,34-19?,35-22?,36-23?,37-27+,38-26?,39-29?. The molecule has 0 bridgehead atoms. The minimum absolute atomic E-state index is 0.0134. The van der Waals surface area contributed by atoms with Crippen molar-refractivity contribution in [3.8, 4) is 0 Å². The summed E-state index contributed by atoms with van der Waals surface area (Å²) in [5, 5.41) is 19.5. The summed E-state index contributed by atoms with van der Waals surface area (Å²) in [7, 11) is 0. The summed E-state index contributed by atoms with van der Waals surface area (Å²) in [6, 6.07) is 0. The molecular formula is C40H58O2. The van der Waals surface area contributed by atoms with Crippen LogP contribution in [0.2, 0.25) is 0 Å². The lowest BCUT2D eigenvalue weighted by Gasteiger charge is -2.16. The Bertz CT molecular complexity index is 1150. The van der Waals surface area contributed by atoms with Gasteiger partial charge in [-0.1, -0.05) is 137 Å². The molecule has 0 aromatic rings. The molecule has 0 atom stereocenters. The summed E-state index contributed by atoms with van der Waals surface area (Å²) in [5.74, 6) is 0. The van der Waals surface area contributed by atoms with E-state index in [-0.39, 0.29) is 6.61 Å². The van der Waals surface area contributed by atoms with Gasteiger partial charge in [0.2, 0.25) is 0 Å². The van der Waals surface area contributed by atoms with Gasteiger partial charge in [-0.3, -0.25) is 0 Å². The second-order valence-electron chi connectivity index (χ2n) is 12.0. The third-order valence-electron chi connectivity index (χ3n) is 6.28. The van der Waals surface area contributed by atoms with Crippen molar-refractivity contribution < 1.29 is 10.2 Å². The van der Waals surface area contributed by atoms with E-state index in [1.54, 1.807) is 0 Å². The number of hydrogen-bond donors (Lipinski definition) is 2. The van der Waals surface area contributed by atoms with E-state index in [0.717, 1.165) is 48.8 Å². The molecule has 0 spiro atoms. The van der Waals surface area contributed by atoms with Gasteiger partial charge in [0.15, 0.2) is 0 Å². The second kappa shape index (κ2) is 23.4. The molecule has 2 heteroatoms. The van der Waals surface area contributed by atoms with Gasteiger partial charge in [-0.25, -0.2) is 0 Å². The van der Waals surface area contributed by atoms with Crippen molar-refractivity contribution in [1.82, 2.24) is 0 Å². The molecule has 2 nitrogen and oxygen atoms in total. The molecule has 0 fully saturated rings. The first-order valence-electron chi connectivity index (χ1n) is 15.2. The van der Waals surface area contributed by atoms with Crippen LogP contribution in [0.3, 0.4) is 0 Å². The van der Waals surface area contributed by atoms with Gasteiger partial charge in [0, 0.05) is 0 Å². The van der Waals surface area contributed by atoms with E-state index in [1.165, 1.54) is 22.3 Å². The zero-order valence-corrected chi connectivity index (χ0v) is 28.0. The van der Waals surface area contributed by atoms with Gasteiger partial charge in [0.1, 0.15) is 0 Å². The van der Waals surface area contributed by atoms with Gasteiger partial charge in [-0.2, -0.15) is 0 Å². The molecule has 2 N–H and O–H groups in total. The lowest BCUT2D eigenvalue weighted by atomic mass is 9.99. The van der Waals surface area contributed by atoms with Crippen LogP contribution in [0, 0.1) is 0 Å². The monoisotopic (exact) mass is 570 g/mol. The number of aliphatic hydroxyl groups excluding tert-OH is 1. The number of aliphatic hydroxyl groups is 2. The third kappa shape index (κ3) is 25.7. The van der Waals surface area contributed by atoms with Crippen molar-refractivity contribution in [2.24, 2.45) is 0 Å². The first-order valence-corrected chi connectivity index (χ1v) is 15.2. The molecule has 0 radical (unpaired) electrons. The Morgan fingerprint density at radius 1 is 0.571 bits per heavy atom. The fraction of sp³-hybridized carbons (Fsp3) is 0.400. The normalized spacial score (nSPS) is 15.5. The highest BCUT2D eigenvalue weighted by Crippen LogP contribution is 2.15. The van der Waals surface area contributed by atoms with Crippen molar-refractivity contribution >= 4 is 0 Å². The maximum atomic E-state index is 9.82. The quantitative estimate of drug-likeness (QED) is 0.127. The van der Waals surface area contributed by atoms with Crippen LogP contribution in [0.5, 0.6) is 0 Å². The Labute approximate surface area is 258 Å². The number of rotatable bonds is 18. The first kappa shape index (κ1) is 38.8. The van der Waals surface area contributed by atoms with Crippen LogP contribution in [0.4, 0.5) is 0 Å². The van der Waals surface area contributed by atoms with Gasteiger partial charge in [-0.15, -0.1) is 0 Å². The highest BCUT2D eigenvalue weighted by molar-refractivity contribution is 5.33. The molecule has 0 saturated heterocycles. The topological polar surface area (TPSA) is 40.5 Å². The van der Waals surface area contributed by atoms with Crippen molar-refractivity contribution in [1.29, 1.82) is 0 Å². The minimum Gasteiger partial charge on any atom is -0.392 e. The molecule has 0 heterocycles. The van der Waals surface area contributed by atoms with Gasteiger partial charge in [0.25, 0.3) is 0 Å². The van der Waals surface area contributed by atoms with Crippen LogP contribution in [0.15, 0.2) is 142 Å². The van der Waals surface area contributed by atoms with E-state index in [2.05, 4.69) is 115 Å². The van der Waals surface area contributed by atoms with Crippen LogP contribution < -0.4 is 0 Å². The molecule has 0 saturated carbocycles. The van der Waals surface area contributed by atoms with E-state index < -0.39 is 5.60 Å². The zero-order valence-electron chi connectivity index (χ0n) is 28.0. The maximum Gasteiger partial charge on any atom is 0.0681 e. The Kier molecular flexibility index (Phi) is 21.6. The van der Waals surface area contributed by atoms with E-state index in [9.17, 15) is 10.2 Å². The van der Waals surface area contributed by atoms with Crippen molar-refractivity contribution in [3.63, 3.8) is 0 Å². The molecule has 0 aliphatic rings. The molecule has 230 valence electrons.